The van der Waals surface area contributed by atoms with Gasteiger partial charge in [0.05, 0.1) is 0 Å². The minimum Gasteiger partial charge on any atom is -0.339 e. The number of hydrogen-bond donors (Lipinski definition) is 1. The van der Waals surface area contributed by atoms with Crippen molar-refractivity contribution in [1.82, 2.24) is 9.62 Å². The quantitative estimate of drug-likeness (QED) is 0.862. The first-order valence-corrected chi connectivity index (χ1v) is 8.12. The maximum absolute atomic E-state index is 13.0. The van der Waals surface area contributed by atoms with Crippen LogP contribution < -0.4 is 4.72 Å². The van der Waals surface area contributed by atoms with E-state index in [1.165, 1.54) is 12.1 Å². The highest BCUT2D eigenvalue weighted by Crippen LogP contribution is 2.28. The summed E-state index contributed by atoms with van der Waals surface area (Å²) in [7, 11) is -3.67. The molecule has 0 spiro atoms. The van der Waals surface area contributed by atoms with E-state index in [9.17, 15) is 12.8 Å². The Morgan fingerprint density at radius 2 is 1.95 bits per heavy atom. The van der Waals surface area contributed by atoms with E-state index in [4.69, 9.17) is 0 Å². The standard InChI is InChI=1S/C13H16FN3O2S/c14-11-7-5-10(6-8-11)13-16-20(18,19)15-12-4-2-1-3-9-17(12)13/h5-8,13,16H,1-4,9H2. The molecule has 0 bridgehead atoms. The Labute approximate surface area is 117 Å². The van der Waals surface area contributed by atoms with Gasteiger partial charge in [0.15, 0.2) is 0 Å². The molecule has 2 aliphatic heterocycles. The maximum Gasteiger partial charge on any atom is 0.323 e. The highest BCUT2D eigenvalue weighted by molar-refractivity contribution is 7.88. The van der Waals surface area contributed by atoms with Crippen molar-refractivity contribution in [2.75, 3.05) is 6.54 Å². The number of nitrogens with zero attached hydrogens (tertiary/aromatic N) is 2. The summed E-state index contributed by atoms with van der Waals surface area (Å²) >= 11 is 0. The van der Waals surface area contributed by atoms with Gasteiger partial charge in [-0.1, -0.05) is 18.6 Å². The van der Waals surface area contributed by atoms with Gasteiger partial charge in [-0.25, -0.2) is 4.39 Å². The van der Waals surface area contributed by atoms with Crippen LogP contribution in [0.5, 0.6) is 0 Å². The van der Waals surface area contributed by atoms with E-state index in [-0.39, 0.29) is 5.82 Å². The van der Waals surface area contributed by atoms with Gasteiger partial charge in [0.2, 0.25) is 0 Å². The minimum absolute atomic E-state index is 0.336. The number of fused-ring (bicyclic) bond motifs is 1. The molecule has 0 amide bonds. The molecule has 1 aromatic rings. The minimum atomic E-state index is -3.67. The zero-order valence-corrected chi connectivity index (χ0v) is 11.7. The number of rotatable bonds is 1. The largest absolute Gasteiger partial charge is 0.339 e. The molecular formula is C13H16FN3O2S. The Bertz CT molecular complexity index is 628. The van der Waals surface area contributed by atoms with Gasteiger partial charge < -0.3 is 4.90 Å². The number of halogens is 1. The van der Waals surface area contributed by atoms with Crippen molar-refractivity contribution >= 4 is 16.0 Å². The van der Waals surface area contributed by atoms with Crippen molar-refractivity contribution in [3.8, 4) is 0 Å². The summed E-state index contributed by atoms with van der Waals surface area (Å²) in [6.45, 7) is 0.753. The van der Waals surface area contributed by atoms with Crippen molar-refractivity contribution in [2.45, 2.75) is 31.8 Å². The second-order valence-corrected chi connectivity index (χ2v) is 6.43. The first-order chi connectivity index (χ1) is 9.55. The van der Waals surface area contributed by atoms with Gasteiger partial charge in [-0.05, 0) is 30.5 Å². The lowest BCUT2D eigenvalue weighted by molar-refractivity contribution is 0.291. The predicted molar refractivity (Wildman–Crippen MR) is 73.8 cm³/mol. The summed E-state index contributed by atoms with van der Waals surface area (Å²) in [4.78, 5) is 1.97. The molecule has 1 saturated heterocycles. The van der Waals surface area contributed by atoms with Gasteiger partial charge >= 0.3 is 10.2 Å². The fourth-order valence-electron chi connectivity index (χ4n) is 2.65. The molecule has 20 heavy (non-hydrogen) atoms. The van der Waals surface area contributed by atoms with Gasteiger partial charge in [0, 0.05) is 13.0 Å². The Hall–Kier alpha value is -1.47. The Balaban J connectivity index is 2.01. The number of hydrogen-bond acceptors (Lipinski definition) is 3. The molecule has 1 fully saturated rings. The van der Waals surface area contributed by atoms with Crippen molar-refractivity contribution in [1.29, 1.82) is 0 Å². The second kappa shape index (κ2) is 5.14. The Morgan fingerprint density at radius 1 is 1.20 bits per heavy atom. The molecular weight excluding hydrogens is 281 g/mol. The van der Waals surface area contributed by atoms with Crippen LogP contribution in [0.3, 0.4) is 0 Å². The Kier molecular flexibility index (Phi) is 3.47. The summed E-state index contributed by atoms with van der Waals surface area (Å²) in [5.74, 6) is 0.271. The molecule has 0 saturated carbocycles. The van der Waals surface area contributed by atoms with E-state index in [2.05, 4.69) is 9.12 Å². The highest BCUT2D eigenvalue weighted by Gasteiger charge is 2.33. The van der Waals surface area contributed by atoms with Crippen LogP contribution >= 0.6 is 0 Å². The number of nitrogens with one attached hydrogen (secondary N) is 1. The van der Waals surface area contributed by atoms with E-state index in [0.29, 0.717) is 12.3 Å². The summed E-state index contributed by atoms with van der Waals surface area (Å²) in [6, 6.07) is 5.90. The van der Waals surface area contributed by atoms with Crippen LogP contribution in [0.2, 0.25) is 0 Å². The normalized spacial score (nSPS) is 25.6. The Morgan fingerprint density at radius 3 is 2.70 bits per heavy atom. The third-order valence-electron chi connectivity index (χ3n) is 3.61. The first kappa shape index (κ1) is 13.5. The van der Waals surface area contributed by atoms with Gasteiger partial charge in [-0.2, -0.15) is 13.1 Å². The zero-order valence-electron chi connectivity index (χ0n) is 10.9. The molecule has 108 valence electrons. The van der Waals surface area contributed by atoms with E-state index in [1.807, 2.05) is 4.90 Å². The molecule has 2 heterocycles. The first-order valence-electron chi connectivity index (χ1n) is 6.68. The van der Waals surface area contributed by atoms with Crippen molar-refractivity contribution < 1.29 is 12.8 Å². The van der Waals surface area contributed by atoms with E-state index < -0.39 is 16.4 Å². The van der Waals surface area contributed by atoms with E-state index in [1.54, 1.807) is 12.1 Å². The summed E-state index contributed by atoms with van der Waals surface area (Å²) in [6.07, 6.45) is 3.18. The maximum atomic E-state index is 13.0. The number of benzene rings is 1. The summed E-state index contributed by atoms with van der Waals surface area (Å²) in [5.41, 5.74) is 0.726. The van der Waals surface area contributed by atoms with Crippen LogP contribution in [0.25, 0.3) is 0 Å². The van der Waals surface area contributed by atoms with Crippen molar-refractivity contribution in [3.05, 3.63) is 35.6 Å². The molecule has 3 rings (SSSR count). The molecule has 0 radical (unpaired) electrons. The average molecular weight is 297 g/mol. The molecule has 5 nitrogen and oxygen atoms in total. The van der Waals surface area contributed by atoms with Crippen molar-refractivity contribution in [3.63, 3.8) is 0 Å². The predicted octanol–water partition coefficient (Wildman–Crippen LogP) is 1.95. The second-order valence-electron chi connectivity index (χ2n) is 5.06. The monoisotopic (exact) mass is 297 g/mol. The van der Waals surface area contributed by atoms with Gasteiger partial charge in [0.25, 0.3) is 0 Å². The fraction of sp³-hybridized carbons (Fsp3) is 0.462. The molecule has 0 aliphatic carbocycles. The third kappa shape index (κ3) is 2.69. The zero-order chi connectivity index (χ0) is 14.2. The number of amidine groups is 1. The molecule has 1 aromatic carbocycles. The lowest BCUT2D eigenvalue weighted by Crippen LogP contribution is -2.48. The van der Waals surface area contributed by atoms with Crippen LogP contribution in [-0.2, 0) is 10.2 Å². The summed E-state index contributed by atoms with van der Waals surface area (Å²) < 4.78 is 43.1. The lowest BCUT2D eigenvalue weighted by atomic mass is 10.1. The highest BCUT2D eigenvalue weighted by atomic mass is 32.2. The summed E-state index contributed by atoms with van der Waals surface area (Å²) in [5, 5.41) is 0. The molecule has 1 atom stereocenters. The molecule has 1 unspecified atom stereocenters. The van der Waals surface area contributed by atoms with Crippen LogP contribution in [-0.4, -0.2) is 25.7 Å². The van der Waals surface area contributed by atoms with Crippen molar-refractivity contribution in [2.24, 2.45) is 4.40 Å². The van der Waals surface area contributed by atoms with Gasteiger partial charge in [0.1, 0.15) is 17.8 Å². The fourth-order valence-corrected chi connectivity index (χ4v) is 3.73. The van der Waals surface area contributed by atoms with Crippen LogP contribution in [0.4, 0.5) is 4.39 Å². The topological polar surface area (TPSA) is 61.8 Å². The van der Waals surface area contributed by atoms with Crippen LogP contribution in [0.15, 0.2) is 28.7 Å². The van der Waals surface area contributed by atoms with Crippen LogP contribution in [0.1, 0.15) is 37.4 Å². The molecule has 0 aromatic heterocycles. The smallest absolute Gasteiger partial charge is 0.323 e. The third-order valence-corrected chi connectivity index (χ3v) is 4.59. The lowest BCUT2D eigenvalue weighted by Gasteiger charge is -2.36. The molecule has 2 aliphatic rings. The van der Waals surface area contributed by atoms with E-state index in [0.717, 1.165) is 31.4 Å². The SMILES string of the molecule is O=S1(=O)N=C2CCCCCN2C(c2ccc(F)cc2)N1. The van der Waals surface area contributed by atoms with Gasteiger partial charge in [-0.15, -0.1) is 4.40 Å². The molecule has 7 heteroatoms. The van der Waals surface area contributed by atoms with E-state index >= 15 is 0 Å². The average Bonchev–Trinajstić information content (AvgIpc) is 2.62. The van der Waals surface area contributed by atoms with Crippen LogP contribution in [0, 0.1) is 5.82 Å². The molecule has 1 N–H and O–H groups in total. The van der Waals surface area contributed by atoms with Gasteiger partial charge in [-0.3, -0.25) is 0 Å².